The molecular formula is C37H29NO. The molecule has 0 saturated heterocycles. The van der Waals surface area contributed by atoms with Crippen molar-refractivity contribution in [3.05, 3.63) is 144 Å². The molecule has 0 bridgehead atoms. The van der Waals surface area contributed by atoms with Crippen LogP contribution in [0.25, 0.3) is 32.7 Å². The molecule has 8 rings (SSSR count). The van der Waals surface area contributed by atoms with Crippen molar-refractivity contribution in [3.8, 4) is 0 Å². The minimum absolute atomic E-state index is 0.0127. The number of fused-ring (bicyclic) bond motifs is 7. The maximum atomic E-state index is 6.55. The molecule has 6 aromatic rings. The lowest BCUT2D eigenvalue weighted by atomic mass is 9.78. The Hall–Kier alpha value is -4.56. The van der Waals surface area contributed by atoms with E-state index in [0.29, 0.717) is 5.92 Å². The molecule has 0 spiro atoms. The van der Waals surface area contributed by atoms with Gasteiger partial charge in [0.1, 0.15) is 5.58 Å². The zero-order valence-corrected chi connectivity index (χ0v) is 22.2. The van der Waals surface area contributed by atoms with E-state index in [1.165, 1.54) is 33.2 Å². The summed E-state index contributed by atoms with van der Waals surface area (Å²) in [5, 5.41) is 4.76. The smallest absolute Gasteiger partial charge is 0.159 e. The fraction of sp³-hybridized carbons (Fsp3) is 0.135. The van der Waals surface area contributed by atoms with E-state index in [2.05, 4.69) is 134 Å². The molecular weight excluding hydrogens is 474 g/mol. The molecule has 1 atom stereocenters. The van der Waals surface area contributed by atoms with Crippen molar-refractivity contribution >= 4 is 44.1 Å². The Kier molecular flexibility index (Phi) is 4.73. The molecule has 1 heterocycles. The standard InChI is InChI=1S/C37H29NO/c1-37(2)32-15-7-5-12-28(32)29-21-20-27(23-33(29)37)38(26-19-18-24-10-3-4-11-25(24)22-26)34-16-9-14-31-30-13-6-8-17-35(30)39-36(31)34/h3-20,22-23,29H,21H2,1-2H3. The lowest BCUT2D eigenvalue weighted by molar-refractivity contribution is 0.609. The monoisotopic (exact) mass is 503 g/mol. The van der Waals surface area contributed by atoms with E-state index in [9.17, 15) is 0 Å². The molecule has 0 amide bonds. The second kappa shape index (κ2) is 8.22. The molecule has 2 aliphatic rings. The third-order valence-corrected chi connectivity index (χ3v) is 8.85. The van der Waals surface area contributed by atoms with Gasteiger partial charge in [-0.15, -0.1) is 0 Å². The van der Waals surface area contributed by atoms with Crippen LogP contribution in [-0.2, 0) is 5.41 Å². The molecule has 1 aromatic heterocycles. The Morgan fingerprint density at radius 2 is 1.51 bits per heavy atom. The number of hydrogen-bond acceptors (Lipinski definition) is 2. The Bertz CT molecular complexity index is 1990. The highest BCUT2D eigenvalue weighted by Crippen LogP contribution is 2.54. The fourth-order valence-electron chi connectivity index (χ4n) is 6.93. The van der Waals surface area contributed by atoms with Crippen LogP contribution >= 0.6 is 0 Å². The van der Waals surface area contributed by atoms with Gasteiger partial charge in [0.15, 0.2) is 5.58 Å². The van der Waals surface area contributed by atoms with Gasteiger partial charge in [-0.2, -0.15) is 0 Å². The molecule has 39 heavy (non-hydrogen) atoms. The third kappa shape index (κ3) is 3.28. The van der Waals surface area contributed by atoms with Crippen LogP contribution < -0.4 is 4.90 Å². The van der Waals surface area contributed by atoms with Gasteiger partial charge in [-0.05, 0) is 58.7 Å². The molecule has 0 radical (unpaired) electrons. The van der Waals surface area contributed by atoms with Crippen LogP contribution in [0.3, 0.4) is 0 Å². The summed E-state index contributed by atoms with van der Waals surface area (Å²) in [7, 11) is 0. The van der Waals surface area contributed by atoms with Crippen molar-refractivity contribution in [2.24, 2.45) is 0 Å². The molecule has 0 N–H and O–H groups in total. The summed E-state index contributed by atoms with van der Waals surface area (Å²) in [4.78, 5) is 2.40. The summed E-state index contributed by atoms with van der Waals surface area (Å²) < 4.78 is 6.55. The average Bonchev–Trinajstić information content (AvgIpc) is 3.47. The number of benzene rings is 5. The quantitative estimate of drug-likeness (QED) is 0.239. The fourth-order valence-corrected chi connectivity index (χ4v) is 6.93. The van der Waals surface area contributed by atoms with Crippen LogP contribution in [0.15, 0.2) is 137 Å². The second-order valence-corrected chi connectivity index (χ2v) is 11.3. The maximum absolute atomic E-state index is 6.55. The summed E-state index contributed by atoms with van der Waals surface area (Å²) in [6.45, 7) is 4.75. The maximum Gasteiger partial charge on any atom is 0.159 e. The van der Waals surface area contributed by atoms with Gasteiger partial charge >= 0.3 is 0 Å². The van der Waals surface area contributed by atoms with Crippen LogP contribution in [0.5, 0.6) is 0 Å². The first-order chi connectivity index (χ1) is 19.1. The molecule has 188 valence electrons. The molecule has 2 aliphatic carbocycles. The summed E-state index contributed by atoms with van der Waals surface area (Å²) in [5.74, 6) is 0.431. The van der Waals surface area contributed by atoms with Gasteiger partial charge in [0, 0.05) is 33.5 Å². The van der Waals surface area contributed by atoms with Crippen molar-refractivity contribution in [3.63, 3.8) is 0 Å². The van der Waals surface area contributed by atoms with Gasteiger partial charge in [-0.3, -0.25) is 0 Å². The van der Waals surface area contributed by atoms with E-state index < -0.39 is 0 Å². The predicted octanol–water partition coefficient (Wildman–Crippen LogP) is 10.2. The van der Waals surface area contributed by atoms with Gasteiger partial charge in [0.25, 0.3) is 0 Å². The van der Waals surface area contributed by atoms with E-state index in [4.69, 9.17) is 4.42 Å². The number of nitrogens with zero attached hydrogens (tertiary/aromatic N) is 1. The molecule has 0 saturated carbocycles. The van der Waals surface area contributed by atoms with Crippen LogP contribution in [0.1, 0.15) is 37.3 Å². The van der Waals surface area contributed by atoms with Crippen molar-refractivity contribution in [2.75, 3.05) is 4.90 Å². The molecule has 1 unspecified atom stereocenters. The first-order valence-corrected chi connectivity index (χ1v) is 13.8. The molecule has 0 aliphatic heterocycles. The van der Waals surface area contributed by atoms with E-state index in [1.54, 1.807) is 0 Å². The third-order valence-electron chi connectivity index (χ3n) is 8.85. The first-order valence-electron chi connectivity index (χ1n) is 13.8. The highest BCUT2D eigenvalue weighted by molar-refractivity contribution is 6.10. The van der Waals surface area contributed by atoms with Gasteiger partial charge < -0.3 is 9.32 Å². The lowest BCUT2D eigenvalue weighted by Gasteiger charge is -2.33. The van der Waals surface area contributed by atoms with Gasteiger partial charge in [0.05, 0.1) is 5.69 Å². The van der Waals surface area contributed by atoms with Crippen molar-refractivity contribution in [2.45, 2.75) is 31.6 Å². The van der Waals surface area contributed by atoms with Crippen LogP contribution in [0.4, 0.5) is 11.4 Å². The number of rotatable bonds is 3. The predicted molar refractivity (Wildman–Crippen MR) is 163 cm³/mol. The van der Waals surface area contributed by atoms with E-state index >= 15 is 0 Å². The van der Waals surface area contributed by atoms with Gasteiger partial charge in [-0.1, -0.05) is 110 Å². The topological polar surface area (TPSA) is 16.4 Å². The summed E-state index contributed by atoms with van der Waals surface area (Å²) in [6.07, 6.45) is 5.86. The molecule has 2 heteroatoms. The number of furan rings is 1. The highest BCUT2D eigenvalue weighted by atomic mass is 16.3. The Morgan fingerprint density at radius 1 is 0.744 bits per heavy atom. The zero-order valence-electron chi connectivity index (χ0n) is 22.2. The number of allylic oxidation sites excluding steroid dienone is 3. The summed E-state index contributed by atoms with van der Waals surface area (Å²) >= 11 is 0. The van der Waals surface area contributed by atoms with Gasteiger partial charge in [-0.25, -0.2) is 0 Å². The van der Waals surface area contributed by atoms with Crippen molar-refractivity contribution in [1.82, 2.24) is 0 Å². The Labute approximate surface area is 228 Å². The number of anilines is 2. The van der Waals surface area contributed by atoms with Crippen LogP contribution in [-0.4, -0.2) is 0 Å². The van der Waals surface area contributed by atoms with Gasteiger partial charge in [0.2, 0.25) is 0 Å². The van der Waals surface area contributed by atoms with Crippen molar-refractivity contribution in [1.29, 1.82) is 0 Å². The number of hydrogen-bond donors (Lipinski definition) is 0. The molecule has 0 fully saturated rings. The summed E-state index contributed by atoms with van der Waals surface area (Å²) in [6, 6.07) is 39.2. The van der Waals surface area contributed by atoms with Crippen LogP contribution in [0, 0.1) is 0 Å². The lowest BCUT2D eigenvalue weighted by Crippen LogP contribution is -2.22. The molecule has 5 aromatic carbocycles. The largest absolute Gasteiger partial charge is 0.454 e. The average molecular weight is 504 g/mol. The zero-order chi connectivity index (χ0) is 26.1. The Morgan fingerprint density at radius 3 is 2.44 bits per heavy atom. The normalized spacial score (nSPS) is 17.6. The van der Waals surface area contributed by atoms with E-state index in [-0.39, 0.29) is 5.41 Å². The van der Waals surface area contributed by atoms with Crippen molar-refractivity contribution < 1.29 is 4.42 Å². The first kappa shape index (κ1) is 22.4. The van der Waals surface area contributed by atoms with E-state index in [1.807, 2.05) is 6.07 Å². The van der Waals surface area contributed by atoms with Crippen LogP contribution in [0.2, 0.25) is 0 Å². The minimum Gasteiger partial charge on any atom is -0.454 e. The minimum atomic E-state index is -0.0127. The highest BCUT2D eigenvalue weighted by Gasteiger charge is 2.42. The SMILES string of the molecule is CC1(C)C2=CC(N(c3ccc4ccccc4c3)c3cccc4c3oc3ccccc34)=CCC2c2ccccc21. The Balaban J connectivity index is 1.36. The number of para-hydroxylation sites is 2. The van der Waals surface area contributed by atoms with E-state index in [0.717, 1.165) is 39.7 Å². The molecule has 2 nitrogen and oxygen atoms in total. The second-order valence-electron chi connectivity index (χ2n) is 11.3. The summed E-state index contributed by atoms with van der Waals surface area (Å²) in [5.41, 5.74) is 9.64.